The topological polar surface area (TPSA) is 40.6 Å². The van der Waals surface area contributed by atoms with E-state index in [0.29, 0.717) is 30.8 Å². The van der Waals surface area contributed by atoms with Crippen LogP contribution >= 0.6 is 11.6 Å². The molecule has 8 heteroatoms. The molecule has 4 nitrogen and oxygen atoms in total. The largest absolute Gasteiger partial charge is 0.430 e. The third-order valence-electron chi connectivity index (χ3n) is 3.57. The van der Waals surface area contributed by atoms with Crippen molar-refractivity contribution >= 4 is 23.4 Å². The number of unbranched alkanes of at least 4 members (excludes halogenated alkanes) is 2. The number of carbonyl (C=O) groups is 2. The molecular weight excluding hydrogens is 333 g/mol. The maximum Gasteiger partial charge on any atom is 0.430 e. The number of carbonyl (C=O) groups excluding carboxylic acids is 2. The summed E-state index contributed by atoms with van der Waals surface area (Å²) in [6.45, 7) is 4.46. The lowest BCUT2D eigenvalue weighted by atomic mass is 10.2. The molecule has 0 aromatic heterocycles. The molecule has 0 atom stereocenters. The molecule has 2 amide bonds. The molecule has 0 aromatic carbocycles. The first-order valence-electron chi connectivity index (χ1n) is 7.81. The highest BCUT2D eigenvalue weighted by molar-refractivity contribution is 6.31. The number of hydrogen-bond donors (Lipinski definition) is 0. The van der Waals surface area contributed by atoms with Gasteiger partial charge in [-0.1, -0.05) is 38.3 Å². The first-order valence-corrected chi connectivity index (χ1v) is 8.19. The zero-order valence-corrected chi connectivity index (χ0v) is 14.1. The molecule has 0 saturated carbocycles. The van der Waals surface area contributed by atoms with Crippen molar-refractivity contribution < 1.29 is 22.8 Å². The zero-order valence-electron chi connectivity index (χ0n) is 13.4. The summed E-state index contributed by atoms with van der Waals surface area (Å²) in [5.41, 5.74) is 0. The van der Waals surface area contributed by atoms with E-state index in [2.05, 4.69) is 0 Å². The minimum atomic E-state index is -4.81. The molecule has 0 aromatic rings. The molecule has 1 fully saturated rings. The normalized spacial score (nSPS) is 16.9. The Morgan fingerprint density at radius 3 is 1.87 bits per heavy atom. The number of halogens is 4. The second-order valence-corrected chi connectivity index (χ2v) is 5.83. The minimum Gasteiger partial charge on any atom is -0.356 e. The molecule has 1 aliphatic rings. The molecule has 1 heterocycles. The standard InChI is InChI=1S/C15H22ClF3N2O2/c1-3-5-9-20(10-6-4-2)14(13(16)15(17,18)19)21-11(22)7-8-12(21)23/h3-10H2,1-2H3/b14-13-. The first-order chi connectivity index (χ1) is 10.7. The average Bonchev–Trinajstić information content (AvgIpc) is 2.80. The second-order valence-electron chi connectivity index (χ2n) is 5.45. The molecule has 0 radical (unpaired) electrons. The predicted molar refractivity (Wildman–Crippen MR) is 81.4 cm³/mol. The summed E-state index contributed by atoms with van der Waals surface area (Å²) in [6.07, 6.45) is -2.13. The molecular formula is C15H22ClF3N2O2. The lowest BCUT2D eigenvalue weighted by Crippen LogP contribution is -2.41. The van der Waals surface area contributed by atoms with Gasteiger partial charge in [0.1, 0.15) is 5.82 Å². The molecule has 0 spiro atoms. The van der Waals surface area contributed by atoms with Gasteiger partial charge < -0.3 is 4.90 Å². The Kier molecular flexibility index (Phi) is 7.38. The van der Waals surface area contributed by atoms with Crippen LogP contribution in [0.4, 0.5) is 13.2 Å². The van der Waals surface area contributed by atoms with E-state index in [1.54, 1.807) is 0 Å². The van der Waals surface area contributed by atoms with Crippen molar-refractivity contribution in [3.63, 3.8) is 0 Å². The zero-order chi connectivity index (χ0) is 17.6. The Hall–Kier alpha value is -1.24. The Balaban J connectivity index is 3.30. The maximum absolute atomic E-state index is 13.1. The summed E-state index contributed by atoms with van der Waals surface area (Å²) in [4.78, 5) is 25.9. The van der Waals surface area contributed by atoms with Crippen LogP contribution < -0.4 is 0 Å². The van der Waals surface area contributed by atoms with E-state index in [9.17, 15) is 22.8 Å². The van der Waals surface area contributed by atoms with Crippen LogP contribution in [0.15, 0.2) is 10.9 Å². The van der Waals surface area contributed by atoms with E-state index in [4.69, 9.17) is 11.6 Å². The SMILES string of the molecule is CCCCN(CCCC)/C(=C(/Cl)C(F)(F)F)N1C(=O)CCC1=O. The highest BCUT2D eigenvalue weighted by Crippen LogP contribution is 2.36. The van der Waals surface area contributed by atoms with Gasteiger partial charge in [-0.25, -0.2) is 4.90 Å². The van der Waals surface area contributed by atoms with Gasteiger partial charge in [0.2, 0.25) is 11.8 Å². The third kappa shape index (κ3) is 5.12. The summed E-state index contributed by atoms with van der Waals surface area (Å²) in [6, 6.07) is 0. The number of amides is 2. The van der Waals surface area contributed by atoms with Crippen molar-refractivity contribution in [1.82, 2.24) is 9.80 Å². The molecule has 0 N–H and O–H groups in total. The molecule has 0 aliphatic carbocycles. The summed E-state index contributed by atoms with van der Waals surface area (Å²) >= 11 is 5.55. The van der Waals surface area contributed by atoms with Crippen LogP contribution in [0.3, 0.4) is 0 Å². The van der Waals surface area contributed by atoms with Gasteiger partial charge in [0, 0.05) is 25.9 Å². The van der Waals surface area contributed by atoms with E-state index < -0.39 is 28.8 Å². The van der Waals surface area contributed by atoms with E-state index in [-0.39, 0.29) is 12.8 Å². The third-order valence-corrected chi connectivity index (χ3v) is 3.95. The van der Waals surface area contributed by atoms with Gasteiger partial charge in [-0.05, 0) is 12.8 Å². The van der Waals surface area contributed by atoms with Gasteiger partial charge in [-0.3, -0.25) is 9.59 Å². The van der Waals surface area contributed by atoms with E-state index in [1.165, 1.54) is 4.90 Å². The first kappa shape index (κ1) is 19.8. The minimum absolute atomic E-state index is 0.0836. The van der Waals surface area contributed by atoms with Crippen molar-refractivity contribution in [2.75, 3.05) is 13.1 Å². The molecule has 1 saturated heterocycles. The Labute approximate surface area is 139 Å². The van der Waals surface area contributed by atoms with Gasteiger partial charge in [0.15, 0.2) is 5.03 Å². The van der Waals surface area contributed by atoms with Crippen molar-refractivity contribution in [1.29, 1.82) is 0 Å². The second kappa shape index (κ2) is 8.57. The van der Waals surface area contributed by atoms with Crippen molar-refractivity contribution in [2.24, 2.45) is 0 Å². The fraction of sp³-hybridized carbons (Fsp3) is 0.733. The van der Waals surface area contributed by atoms with Crippen LogP contribution in [0.1, 0.15) is 52.4 Å². The summed E-state index contributed by atoms with van der Waals surface area (Å²) in [5.74, 6) is -1.77. The highest BCUT2D eigenvalue weighted by Gasteiger charge is 2.43. The lowest BCUT2D eigenvalue weighted by Gasteiger charge is -2.33. The predicted octanol–water partition coefficient (Wildman–Crippen LogP) is 4.01. The highest BCUT2D eigenvalue weighted by atomic mass is 35.5. The number of alkyl halides is 3. The van der Waals surface area contributed by atoms with Crippen LogP contribution in [0.5, 0.6) is 0 Å². The van der Waals surface area contributed by atoms with Gasteiger partial charge >= 0.3 is 6.18 Å². The van der Waals surface area contributed by atoms with Gasteiger partial charge in [0.25, 0.3) is 0 Å². The van der Waals surface area contributed by atoms with Crippen LogP contribution in [0.2, 0.25) is 0 Å². The summed E-state index contributed by atoms with van der Waals surface area (Å²) in [5, 5.41) is -1.41. The number of likely N-dealkylation sites (tertiary alicyclic amines) is 1. The Morgan fingerprint density at radius 1 is 1.09 bits per heavy atom. The number of nitrogens with zero attached hydrogens (tertiary/aromatic N) is 2. The van der Waals surface area contributed by atoms with Gasteiger partial charge in [-0.15, -0.1) is 0 Å². The van der Waals surface area contributed by atoms with Crippen LogP contribution in [-0.4, -0.2) is 40.9 Å². The van der Waals surface area contributed by atoms with Crippen LogP contribution in [0, 0.1) is 0 Å². The van der Waals surface area contributed by atoms with Crippen LogP contribution in [0.25, 0.3) is 0 Å². The van der Waals surface area contributed by atoms with Gasteiger partial charge in [0.05, 0.1) is 0 Å². The van der Waals surface area contributed by atoms with Crippen molar-refractivity contribution in [2.45, 2.75) is 58.5 Å². The molecule has 1 aliphatic heterocycles. The fourth-order valence-corrected chi connectivity index (χ4v) is 2.54. The monoisotopic (exact) mass is 354 g/mol. The summed E-state index contributed by atoms with van der Waals surface area (Å²) < 4.78 is 39.4. The lowest BCUT2D eigenvalue weighted by molar-refractivity contribution is -0.138. The molecule has 0 unspecified atom stereocenters. The van der Waals surface area contributed by atoms with Gasteiger partial charge in [-0.2, -0.15) is 13.2 Å². The molecule has 23 heavy (non-hydrogen) atoms. The van der Waals surface area contributed by atoms with Crippen LogP contribution in [-0.2, 0) is 9.59 Å². The molecule has 1 rings (SSSR count). The number of hydrogen-bond acceptors (Lipinski definition) is 3. The molecule has 0 bridgehead atoms. The van der Waals surface area contributed by atoms with E-state index in [1.807, 2.05) is 13.8 Å². The van der Waals surface area contributed by atoms with Crippen molar-refractivity contribution in [3.05, 3.63) is 10.9 Å². The number of imide groups is 1. The maximum atomic E-state index is 13.1. The van der Waals surface area contributed by atoms with Crippen molar-refractivity contribution in [3.8, 4) is 0 Å². The number of rotatable bonds is 8. The van der Waals surface area contributed by atoms with E-state index >= 15 is 0 Å². The smallest absolute Gasteiger partial charge is 0.356 e. The van der Waals surface area contributed by atoms with E-state index in [0.717, 1.165) is 12.8 Å². The molecule has 132 valence electrons. The number of allylic oxidation sites excluding steroid dienone is 1. The summed E-state index contributed by atoms with van der Waals surface area (Å²) in [7, 11) is 0. The fourth-order valence-electron chi connectivity index (χ4n) is 2.34. The average molecular weight is 355 g/mol. The Morgan fingerprint density at radius 2 is 1.52 bits per heavy atom. The quantitative estimate of drug-likeness (QED) is 0.618. The Bertz CT molecular complexity index is 454.